The van der Waals surface area contributed by atoms with Crippen LogP contribution in [0.25, 0.3) is 0 Å². The summed E-state index contributed by atoms with van der Waals surface area (Å²) < 4.78 is 27.2. The average Bonchev–Trinajstić information content (AvgIpc) is 2.38. The Labute approximate surface area is 88.8 Å². The molecular weight excluding hydrogens is 216 g/mol. The standard InChI is InChI=1S/C8H14N4O2S/c1-4-5-10-15(13,14)7-6(2)11-12(3)8(7)9/h4,10H,1,5,9H2,2-3H3. The van der Waals surface area contributed by atoms with E-state index in [1.54, 1.807) is 14.0 Å². The smallest absolute Gasteiger partial charge is 0.246 e. The highest BCUT2D eigenvalue weighted by Gasteiger charge is 2.23. The molecule has 0 fully saturated rings. The zero-order valence-electron chi connectivity index (χ0n) is 8.69. The van der Waals surface area contributed by atoms with Gasteiger partial charge in [-0.1, -0.05) is 6.08 Å². The van der Waals surface area contributed by atoms with E-state index in [1.807, 2.05) is 0 Å². The van der Waals surface area contributed by atoms with Crippen molar-refractivity contribution in [3.05, 3.63) is 18.3 Å². The van der Waals surface area contributed by atoms with E-state index in [-0.39, 0.29) is 17.3 Å². The Bertz CT molecular complexity index is 475. The summed E-state index contributed by atoms with van der Waals surface area (Å²) in [4.78, 5) is 0.0341. The highest BCUT2D eigenvalue weighted by Crippen LogP contribution is 2.20. The summed E-state index contributed by atoms with van der Waals surface area (Å²) in [5.74, 6) is 0.129. The minimum Gasteiger partial charge on any atom is -0.383 e. The fourth-order valence-electron chi connectivity index (χ4n) is 1.23. The van der Waals surface area contributed by atoms with Crippen molar-refractivity contribution in [2.45, 2.75) is 11.8 Å². The van der Waals surface area contributed by atoms with Crippen molar-refractivity contribution in [3.63, 3.8) is 0 Å². The number of anilines is 1. The molecule has 0 aliphatic heterocycles. The minimum atomic E-state index is -3.59. The van der Waals surface area contributed by atoms with Gasteiger partial charge in [-0.3, -0.25) is 4.68 Å². The Morgan fingerprint density at radius 1 is 1.67 bits per heavy atom. The summed E-state index contributed by atoms with van der Waals surface area (Å²) in [6.45, 7) is 5.19. The van der Waals surface area contributed by atoms with Crippen molar-refractivity contribution >= 4 is 15.8 Å². The number of nitrogen functional groups attached to an aromatic ring is 1. The molecular formula is C8H14N4O2S. The molecule has 0 amide bonds. The molecule has 84 valence electrons. The topological polar surface area (TPSA) is 90.0 Å². The van der Waals surface area contributed by atoms with E-state index >= 15 is 0 Å². The van der Waals surface area contributed by atoms with Crippen LogP contribution in [-0.4, -0.2) is 24.7 Å². The number of rotatable bonds is 4. The first kappa shape index (κ1) is 11.7. The predicted octanol–water partition coefficient (Wildman–Crippen LogP) is -0.225. The van der Waals surface area contributed by atoms with E-state index in [4.69, 9.17) is 5.73 Å². The molecule has 0 aliphatic rings. The predicted molar refractivity (Wildman–Crippen MR) is 57.7 cm³/mol. The lowest BCUT2D eigenvalue weighted by Crippen LogP contribution is -2.24. The van der Waals surface area contributed by atoms with Gasteiger partial charge >= 0.3 is 0 Å². The number of nitrogens with zero attached hydrogens (tertiary/aromatic N) is 2. The van der Waals surface area contributed by atoms with Gasteiger partial charge in [0, 0.05) is 13.6 Å². The summed E-state index contributed by atoms with van der Waals surface area (Å²) in [7, 11) is -2.00. The monoisotopic (exact) mass is 230 g/mol. The van der Waals surface area contributed by atoms with Gasteiger partial charge in [-0.25, -0.2) is 13.1 Å². The number of nitrogens with two attached hydrogens (primary N) is 1. The maximum absolute atomic E-state index is 11.8. The van der Waals surface area contributed by atoms with Crippen molar-refractivity contribution in [2.75, 3.05) is 12.3 Å². The largest absolute Gasteiger partial charge is 0.383 e. The zero-order chi connectivity index (χ0) is 11.6. The normalized spacial score (nSPS) is 11.6. The third kappa shape index (κ3) is 2.18. The molecule has 6 nitrogen and oxygen atoms in total. The Kier molecular flexibility index (Phi) is 3.15. The van der Waals surface area contributed by atoms with E-state index in [0.717, 1.165) is 0 Å². The number of nitrogens with one attached hydrogen (secondary N) is 1. The molecule has 3 N–H and O–H groups in total. The van der Waals surface area contributed by atoms with Crippen LogP contribution >= 0.6 is 0 Å². The number of aryl methyl sites for hydroxylation is 2. The minimum absolute atomic E-state index is 0.0341. The van der Waals surface area contributed by atoms with Gasteiger partial charge in [-0.2, -0.15) is 5.10 Å². The molecule has 0 aromatic carbocycles. The third-order valence-electron chi connectivity index (χ3n) is 1.90. The first-order valence-electron chi connectivity index (χ1n) is 4.29. The van der Waals surface area contributed by atoms with Crippen molar-refractivity contribution in [1.82, 2.24) is 14.5 Å². The molecule has 1 heterocycles. The molecule has 0 radical (unpaired) electrons. The lowest BCUT2D eigenvalue weighted by Gasteiger charge is -2.04. The van der Waals surface area contributed by atoms with Gasteiger partial charge in [0.2, 0.25) is 10.0 Å². The van der Waals surface area contributed by atoms with Gasteiger partial charge in [0.25, 0.3) is 0 Å². The van der Waals surface area contributed by atoms with Crippen LogP contribution in [0.2, 0.25) is 0 Å². The number of sulfonamides is 1. The van der Waals surface area contributed by atoms with Gasteiger partial charge in [0.15, 0.2) is 0 Å². The van der Waals surface area contributed by atoms with E-state index in [9.17, 15) is 8.42 Å². The maximum atomic E-state index is 11.8. The fraction of sp³-hybridized carbons (Fsp3) is 0.375. The SMILES string of the molecule is C=CCNS(=O)(=O)c1c(C)nn(C)c1N. The van der Waals surface area contributed by atoms with Crippen LogP contribution in [0.5, 0.6) is 0 Å². The van der Waals surface area contributed by atoms with Gasteiger partial charge < -0.3 is 5.73 Å². The van der Waals surface area contributed by atoms with Crippen molar-refractivity contribution in [3.8, 4) is 0 Å². The molecule has 1 aromatic rings. The molecule has 1 aromatic heterocycles. The molecule has 0 atom stereocenters. The molecule has 15 heavy (non-hydrogen) atoms. The fourth-order valence-corrected chi connectivity index (χ4v) is 2.55. The summed E-state index contributed by atoms with van der Waals surface area (Å²) in [5.41, 5.74) is 6.00. The van der Waals surface area contributed by atoms with Gasteiger partial charge in [-0.15, -0.1) is 6.58 Å². The lowest BCUT2D eigenvalue weighted by molar-refractivity contribution is 0.585. The second-order valence-corrected chi connectivity index (χ2v) is 4.77. The summed E-state index contributed by atoms with van der Waals surface area (Å²) in [6, 6.07) is 0. The third-order valence-corrected chi connectivity index (χ3v) is 3.49. The van der Waals surface area contributed by atoms with Crippen molar-refractivity contribution < 1.29 is 8.42 Å². The molecule has 1 rings (SSSR count). The highest BCUT2D eigenvalue weighted by molar-refractivity contribution is 7.89. The number of hydrogen-bond donors (Lipinski definition) is 2. The number of aromatic nitrogens is 2. The molecule has 0 unspecified atom stereocenters. The average molecular weight is 230 g/mol. The van der Waals surface area contributed by atoms with E-state index in [0.29, 0.717) is 5.69 Å². The summed E-state index contributed by atoms with van der Waals surface area (Å²) >= 11 is 0. The van der Waals surface area contributed by atoms with Crippen LogP contribution in [-0.2, 0) is 17.1 Å². The van der Waals surface area contributed by atoms with E-state index < -0.39 is 10.0 Å². The van der Waals surface area contributed by atoms with E-state index in [1.165, 1.54) is 10.8 Å². The maximum Gasteiger partial charge on any atom is 0.246 e. The van der Waals surface area contributed by atoms with Gasteiger partial charge in [0.1, 0.15) is 10.7 Å². The molecule has 0 saturated carbocycles. The second-order valence-electron chi connectivity index (χ2n) is 3.06. The lowest BCUT2D eigenvalue weighted by atomic mass is 10.5. The summed E-state index contributed by atoms with van der Waals surface area (Å²) in [6.07, 6.45) is 1.46. The molecule has 7 heteroatoms. The Balaban J connectivity index is 3.20. The molecule has 0 saturated heterocycles. The zero-order valence-corrected chi connectivity index (χ0v) is 9.50. The quantitative estimate of drug-likeness (QED) is 0.699. The van der Waals surface area contributed by atoms with Crippen LogP contribution in [0.3, 0.4) is 0 Å². The van der Waals surface area contributed by atoms with Crippen LogP contribution < -0.4 is 10.5 Å². The van der Waals surface area contributed by atoms with Gasteiger partial charge in [-0.05, 0) is 6.92 Å². The first-order chi connectivity index (χ1) is 6.90. The Morgan fingerprint density at radius 3 is 2.67 bits per heavy atom. The molecule has 0 spiro atoms. The highest BCUT2D eigenvalue weighted by atomic mass is 32.2. The van der Waals surface area contributed by atoms with Crippen LogP contribution in [0, 0.1) is 6.92 Å². The summed E-state index contributed by atoms with van der Waals surface area (Å²) in [5, 5.41) is 3.93. The number of hydrogen-bond acceptors (Lipinski definition) is 4. The van der Waals surface area contributed by atoms with Gasteiger partial charge in [0.05, 0.1) is 5.69 Å². The van der Waals surface area contributed by atoms with Crippen molar-refractivity contribution in [2.24, 2.45) is 7.05 Å². The van der Waals surface area contributed by atoms with Crippen LogP contribution in [0.4, 0.5) is 5.82 Å². The van der Waals surface area contributed by atoms with Crippen molar-refractivity contribution in [1.29, 1.82) is 0 Å². The van der Waals surface area contributed by atoms with Crippen LogP contribution in [0.1, 0.15) is 5.69 Å². The van der Waals surface area contributed by atoms with Crippen LogP contribution in [0.15, 0.2) is 17.6 Å². The second kappa shape index (κ2) is 4.03. The van der Waals surface area contributed by atoms with E-state index in [2.05, 4.69) is 16.4 Å². The molecule has 0 aliphatic carbocycles. The molecule has 0 bridgehead atoms. The Hall–Kier alpha value is -1.34. The first-order valence-corrected chi connectivity index (χ1v) is 5.78. The Morgan fingerprint density at radius 2 is 2.27 bits per heavy atom.